The predicted octanol–water partition coefficient (Wildman–Crippen LogP) is 3.05. The summed E-state index contributed by atoms with van der Waals surface area (Å²) in [6, 6.07) is 8.02. The highest BCUT2D eigenvalue weighted by atomic mass is 32.2. The van der Waals surface area contributed by atoms with Gasteiger partial charge in [0.15, 0.2) is 11.5 Å². The lowest BCUT2D eigenvalue weighted by Crippen LogP contribution is -2.11. The Morgan fingerprint density at radius 1 is 1.19 bits per heavy atom. The summed E-state index contributed by atoms with van der Waals surface area (Å²) in [5.41, 5.74) is 0.639. The normalized spacial score (nSPS) is 11.4. The first-order valence-corrected chi connectivity index (χ1v) is 9.22. The molecule has 0 saturated heterocycles. The Labute approximate surface area is 156 Å². The van der Waals surface area contributed by atoms with Gasteiger partial charge in [0, 0.05) is 17.2 Å². The van der Waals surface area contributed by atoms with Gasteiger partial charge in [0.1, 0.15) is 11.5 Å². The third kappa shape index (κ3) is 4.94. The second-order valence-corrected chi connectivity index (χ2v) is 6.85. The molecule has 0 aliphatic carbocycles. The zero-order valence-corrected chi connectivity index (χ0v) is 15.7. The first kappa shape index (κ1) is 20.2. The number of nitro benzene ring substituents is 1. The van der Waals surface area contributed by atoms with Crippen molar-refractivity contribution >= 4 is 22.0 Å². The average molecular weight is 394 g/mol. The van der Waals surface area contributed by atoms with E-state index in [1.807, 2.05) is 0 Å². The summed E-state index contributed by atoms with van der Waals surface area (Å²) in [5.74, 6) is 0.0925. The van der Waals surface area contributed by atoms with Crippen LogP contribution in [0.3, 0.4) is 0 Å². The van der Waals surface area contributed by atoms with E-state index in [4.69, 9.17) is 13.8 Å². The van der Waals surface area contributed by atoms with E-state index in [0.29, 0.717) is 17.7 Å². The first-order valence-electron chi connectivity index (χ1n) is 7.81. The largest absolute Gasteiger partial charge is 0.493 e. The summed E-state index contributed by atoms with van der Waals surface area (Å²) in [6.45, 7) is 3.71. The molecule has 0 unspecified atom stereocenters. The van der Waals surface area contributed by atoms with Gasteiger partial charge in [-0.3, -0.25) is 10.1 Å². The summed E-state index contributed by atoms with van der Waals surface area (Å²) in [6.07, 6.45) is 1.44. The molecule has 0 atom stereocenters. The van der Waals surface area contributed by atoms with E-state index in [-0.39, 0.29) is 22.1 Å². The van der Waals surface area contributed by atoms with Crippen molar-refractivity contribution in [1.82, 2.24) is 0 Å². The predicted molar refractivity (Wildman–Crippen MR) is 97.9 cm³/mol. The second-order valence-electron chi connectivity index (χ2n) is 5.31. The van der Waals surface area contributed by atoms with Crippen molar-refractivity contribution in [3.8, 4) is 11.5 Å². The molecule has 10 heteroatoms. The Balaban J connectivity index is 2.35. The van der Waals surface area contributed by atoms with E-state index < -0.39 is 15.0 Å². The van der Waals surface area contributed by atoms with E-state index in [0.717, 1.165) is 6.07 Å². The van der Waals surface area contributed by atoms with Crippen LogP contribution in [0.2, 0.25) is 0 Å². The molecule has 0 radical (unpaired) electrons. The number of benzene rings is 2. The average Bonchev–Trinajstić information content (AvgIpc) is 2.62. The molecular weight excluding hydrogens is 376 g/mol. The monoisotopic (exact) mass is 394 g/mol. The SMILES string of the molecule is CCO/N=C/c1ccc(OS(=O)(=O)c2ccc(C)c([N+](=O)[O-])c2)c(OC)c1. The van der Waals surface area contributed by atoms with Gasteiger partial charge in [0.25, 0.3) is 5.69 Å². The molecule has 9 nitrogen and oxygen atoms in total. The zero-order chi connectivity index (χ0) is 20.0. The molecule has 0 aromatic heterocycles. The third-order valence-electron chi connectivity index (χ3n) is 3.46. The molecule has 27 heavy (non-hydrogen) atoms. The lowest BCUT2D eigenvalue weighted by atomic mass is 10.2. The maximum atomic E-state index is 12.5. The standard InChI is InChI=1S/C17H18N2O7S/c1-4-25-18-11-13-6-8-16(17(9-13)24-3)26-27(22,23)14-7-5-12(2)15(10-14)19(20)21/h5-11H,4H2,1-3H3/b18-11+. The molecule has 2 aromatic carbocycles. The van der Waals surface area contributed by atoms with Crippen molar-refractivity contribution < 1.29 is 27.1 Å². The lowest BCUT2D eigenvalue weighted by Gasteiger charge is -2.11. The van der Waals surface area contributed by atoms with Gasteiger partial charge in [-0.25, -0.2) is 0 Å². The van der Waals surface area contributed by atoms with Crippen molar-refractivity contribution in [3.63, 3.8) is 0 Å². The number of aryl methyl sites for hydroxylation is 1. The van der Waals surface area contributed by atoms with Crippen molar-refractivity contribution in [3.05, 3.63) is 57.6 Å². The van der Waals surface area contributed by atoms with Crippen LogP contribution in [0.1, 0.15) is 18.1 Å². The van der Waals surface area contributed by atoms with E-state index in [9.17, 15) is 18.5 Å². The van der Waals surface area contributed by atoms with Crippen molar-refractivity contribution in [2.75, 3.05) is 13.7 Å². The minimum atomic E-state index is -4.30. The number of nitro groups is 1. The molecule has 0 spiro atoms. The molecule has 144 valence electrons. The van der Waals surface area contributed by atoms with E-state index in [1.54, 1.807) is 13.0 Å². The quantitative estimate of drug-likeness (QED) is 0.292. The van der Waals surface area contributed by atoms with Gasteiger partial charge in [-0.05, 0) is 38.1 Å². The number of hydrogen-bond acceptors (Lipinski definition) is 8. The molecule has 0 bridgehead atoms. The third-order valence-corrected chi connectivity index (χ3v) is 4.69. The second kappa shape index (κ2) is 8.49. The molecule has 2 rings (SSSR count). The first-order chi connectivity index (χ1) is 12.8. The molecule has 0 N–H and O–H groups in total. The fourth-order valence-corrected chi connectivity index (χ4v) is 3.07. The minimum Gasteiger partial charge on any atom is -0.493 e. The van der Waals surface area contributed by atoms with E-state index >= 15 is 0 Å². The highest BCUT2D eigenvalue weighted by Crippen LogP contribution is 2.31. The summed E-state index contributed by atoms with van der Waals surface area (Å²) >= 11 is 0. The van der Waals surface area contributed by atoms with Crippen molar-refractivity contribution in [1.29, 1.82) is 0 Å². The summed E-state index contributed by atoms with van der Waals surface area (Å²) in [7, 11) is -2.94. The Kier molecular flexibility index (Phi) is 6.35. The van der Waals surface area contributed by atoms with Gasteiger partial charge in [0.2, 0.25) is 0 Å². The van der Waals surface area contributed by atoms with Gasteiger partial charge in [-0.1, -0.05) is 11.2 Å². The Hall–Kier alpha value is -3.14. The molecule has 0 saturated carbocycles. The van der Waals surface area contributed by atoms with Crippen molar-refractivity contribution in [2.45, 2.75) is 18.7 Å². The van der Waals surface area contributed by atoms with Crippen LogP contribution in [0.5, 0.6) is 11.5 Å². The van der Waals surface area contributed by atoms with Crippen LogP contribution >= 0.6 is 0 Å². The van der Waals surface area contributed by atoms with Crippen LogP contribution in [0.25, 0.3) is 0 Å². The number of nitrogens with zero attached hydrogens (tertiary/aromatic N) is 2. The van der Waals surface area contributed by atoms with Crippen LogP contribution in [-0.4, -0.2) is 33.3 Å². The topological polar surface area (TPSA) is 117 Å². The van der Waals surface area contributed by atoms with Crippen LogP contribution in [-0.2, 0) is 15.0 Å². The van der Waals surface area contributed by atoms with Crippen LogP contribution in [0, 0.1) is 17.0 Å². The Morgan fingerprint density at radius 2 is 1.93 bits per heavy atom. The number of methoxy groups -OCH3 is 1. The highest BCUT2D eigenvalue weighted by molar-refractivity contribution is 7.87. The molecule has 0 fully saturated rings. The number of hydrogen-bond donors (Lipinski definition) is 0. The fourth-order valence-electron chi connectivity index (χ4n) is 2.11. The van der Waals surface area contributed by atoms with Gasteiger partial charge in [-0.15, -0.1) is 0 Å². The highest BCUT2D eigenvalue weighted by Gasteiger charge is 2.23. The van der Waals surface area contributed by atoms with Gasteiger partial charge < -0.3 is 13.8 Å². The number of rotatable bonds is 8. The maximum Gasteiger partial charge on any atom is 0.339 e. The summed E-state index contributed by atoms with van der Waals surface area (Å²) in [5, 5.41) is 14.8. The Bertz CT molecular complexity index is 971. The zero-order valence-electron chi connectivity index (χ0n) is 14.9. The fraction of sp³-hybridized carbons (Fsp3) is 0.235. The van der Waals surface area contributed by atoms with E-state index in [1.165, 1.54) is 44.5 Å². The minimum absolute atomic E-state index is 0.0608. The van der Waals surface area contributed by atoms with Crippen LogP contribution in [0.4, 0.5) is 5.69 Å². The van der Waals surface area contributed by atoms with Gasteiger partial charge >= 0.3 is 10.1 Å². The Morgan fingerprint density at radius 3 is 2.56 bits per heavy atom. The van der Waals surface area contributed by atoms with Crippen LogP contribution in [0.15, 0.2) is 46.4 Å². The molecule has 2 aromatic rings. The van der Waals surface area contributed by atoms with Gasteiger partial charge in [0.05, 0.1) is 18.2 Å². The molecule has 0 heterocycles. The summed E-state index contributed by atoms with van der Waals surface area (Å²) in [4.78, 5) is 14.9. The molecular formula is C17H18N2O7S. The lowest BCUT2D eigenvalue weighted by molar-refractivity contribution is -0.385. The van der Waals surface area contributed by atoms with Gasteiger partial charge in [-0.2, -0.15) is 8.42 Å². The number of oxime groups is 1. The van der Waals surface area contributed by atoms with Crippen molar-refractivity contribution in [2.24, 2.45) is 5.16 Å². The van der Waals surface area contributed by atoms with Crippen LogP contribution < -0.4 is 8.92 Å². The molecule has 0 aliphatic rings. The summed E-state index contributed by atoms with van der Waals surface area (Å²) < 4.78 is 35.3. The van der Waals surface area contributed by atoms with E-state index in [2.05, 4.69) is 5.16 Å². The molecule has 0 aliphatic heterocycles. The smallest absolute Gasteiger partial charge is 0.339 e. The molecule has 0 amide bonds. The number of ether oxygens (including phenoxy) is 1. The maximum absolute atomic E-state index is 12.5.